The van der Waals surface area contributed by atoms with Crippen molar-refractivity contribution in [1.82, 2.24) is 14.8 Å². The van der Waals surface area contributed by atoms with E-state index >= 15 is 0 Å². The summed E-state index contributed by atoms with van der Waals surface area (Å²) in [5, 5.41) is 12.7. The number of benzene rings is 3. The Morgan fingerprint density at radius 1 is 1.09 bits per heavy atom. The summed E-state index contributed by atoms with van der Waals surface area (Å²) in [6.07, 6.45) is -0.476. The average molecular weight is 497 g/mol. The molecule has 1 amide bonds. The second-order valence-electron chi connectivity index (χ2n) is 7.47. The summed E-state index contributed by atoms with van der Waals surface area (Å²) in [5.41, 5.74) is 2.32. The zero-order chi connectivity index (χ0) is 24.1. The molecule has 0 aliphatic rings. The van der Waals surface area contributed by atoms with Gasteiger partial charge in [-0.15, -0.1) is 10.2 Å². The molecule has 1 N–H and O–H groups in total. The van der Waals surface area contributed by atoms with Gasteiger partial charge in [-0.2, -0.15) is 0 Å². The van der Waals surface area contributed by atoms with Crippen LogP contribution in [0.15, 0.2) is 78.0 Å². The molecule has 1 aromatic heterocycles. The molecule has 0 saturated carbocycles. The van der Waals surface area contributed by atoms with Gasteiger partial charge in [0, 0.05) is 16.4 Å². The fraction of sp³-hybridized carbons (Fsp3) is 0.160. The highest BCUT2D eigenvalue weighted by molar-refractivity contribution is 7.99. The highest BCUT2D eigenvalue weighted by atomic mass is 35.5. The number of carbonyl (C=O) groups excluding carboxylic acids is 1. The zero-order valence-electron chi connectivity index (χ0n) is 18.5. The number of amides is 1. The van der Waals surface area contributed by atoms with Crippen molar-refractivity contribution in [2.24, 2.45) is 0 Å². The topological polar surface area (TPSA) is 69.0 Å². The number of thioether (sulfide) groups is 1. The Morgan fingerprint density at radius 2 is 1.82 bits per heavy atom. The molecule has 4 aromatic rings. The second-order valence-corrected chi connectivity index (χ2v) is 8.82. The van der Waals surface area contributed by atoms with Crippen molar-refractivity contribution in [3.63, 3.8) is 0 Å². The number of hydrogen-bond donors (Lipinski definition) is 1. The minimum absolute atomic E-state index is 0.129. The predicted octanol–water partition coefficient (Wildman–Crippen LogP) is 6.24. The van der Waals surface area contributed by atoms with E-state index in [1.54, 1.807) is 24.3 Å². The Morgan fingerprint density at radius 3 is 2.56 bits per heavy atom. The quantitative estimate of drug-likeness (QED) is 0.292. The number of hydrogen-bond acceptors (Lipinski definition) is 5. The number of aromatic nitrogens is 3. The number of ether oxygens (including phenoxy) is 1. The summed E-state index contributed by atoms with van der Waals surface area (Å²) < 4.78 is 21.1. The number of nitrogens with zero attached hydrogens (tertiary/aromatic N) is 3. The zero-order valence-corrected chi connectivity index (χ0v) is 20.1. The van der Waals surface area contributed by atoms with Gasteiger partial charge in [-0.3, -0.25) is 9.36 Å². The van der Waals surface area contributed by atoms with Gasteiger partial charge in [-0.1, -0.05) is 47.6 Å². The van der Waals surface area contributed by atoms with E-state index in [1.807, 2.05) is 54.8 Å². The molecular formula is C25H22ClFN4O2S. The molecule has 1 atom stereocenters. The van der Waals surface area contributed by atoms with E-state index in [4.69, 9.17) is 16.3 Å². The molecule has 3 aromatic carbocycles. The van der Waals surface area contributed by atoms with Crippen molar-refractivity contribution in [2.45, 2.75) is 25.1 Å². The minimum Gasteiger partial charge on any atom is -0.483 e. The molecule has 0 saturated heterocycles. The molecule has 1 heterocycles. The number of halogens is 2. The highest BCUT2D eigenvalue weighted by Crippen LogP contribution is 2.28. The van der Waals surface area contributed by atoms with Crippen LogP contribution in [0.3, 0.4) is 0 Å². The largest absolute Gasteiger partial charge is 0.483 e. The fourth-order valence-electron chi connectivity index (χ4n) is 3.29. The molecule has 0 bridgehead atoms. The lowest BCUT2D eigenvalue weighted by atomic mass is 10.2. The van der Waals surface area contributed by atoms with Gasteiger partial charge in [0.25, 0.3) is 0 Å². The molecule has 0 fully saturated rings. The molecule has 6 nitrogen and oxygen atoms in total. The maximum Gasteiger partial charge on any atom is 0.234 e. The summed E-state index contributed by atoms with van der Waals surface area (Å²) in [7, 11) is 0. The van der Waals surface area contributed by atoms with Crippen LogP contribution in [0.4, 0.5) is 10.1 Å². The van der Waals surface area contributed by atoms with Crippen molar-refractivity contribution in [2.75, 3.05) is 11.1 Å². The molecule has 0 spiro atoms. The van der Waals surface area contributed by atoms with E-state index in [9.17, 15) is 9.18 Å². The SMILES string of the molecule is Cc1c(Cl)cccc1NC(=O)CSc1nnc(C(C)Oc2ccc(F)cc2)n1-c1ccccc1. The maximum absolute atomic E-state index is 13.2. The van der Waals surface area contributed by atoms with Crippen LogP contribution >= 0.6 is 23.4 Å². The number of rotatable bonds is 8. The standard InChI is InChI=1S/C25H22ClFN4O2S/c1-16-21(26)9-6-10-22(16)28-23(32)15-34-25-30-29-24(31(25)19-7-4-3-5-8-19)17(2)33-20-13-11-18(27)12-14-20/h3-14,17H,15H2,1-2H3,(H,28,32). The van der Waals surface area contributed by atoms with Crippen molar-refractivity contribution in [1.29, 1.82) is 0 Å². The Bertz CT molecular complexity index is 1280. The second kappa shape index (κ2) is 10.7. The van der Waals surface area contributed by atoms with Gasteiger partial charge in [0.1, 0.15) is 11.6 Å². The third-order valence-electron chi connectivity index (χ3n) is 5.04. The Hall–Kier alpha value is -3.36. The van der Waals surface area contributed by atoms with E-state index in [0.29, 0.717) is 27.4 Å². The molecule has 174 valence electrons. The summed E-state index contributed by atoms with van der Waals surface area (Å²) >= 11 is 7.41. The fourth-order valence-corrected chi connectivity index (χ4v) is 4.22. The van der Waals surface area contributed by atoms with Crippen molar-refractivity contribution in [3.8, 4) is 11.4 Å². The number of para-hydroxylation sites is 1. The third kappa shape index (κ3) is 5.58. The first kappa shape index (κ1) is 23.8. The van der Waals surface area contributed by atoms with Crippen LogP contribution in [0.2, 0.25) is 5.02 Å². The first-order chi connectivity index (χ1) is 16.4. The molecule has 0 aliphatic heterocycles. The van der Waals surface area contributed by atoms with Crippen LogP contribution in [0.1, 0.15) is 24.4 Å². The molecule has 34 heavy (non-hydrogen) atoms. The molecular weight excluding hydrogens is 475 g/mol. The van der Waals surface area contributed by atoms with E-state index < -0.39 is 6.10 Å². The van der Waals surface area contributed by atoms with Gasteiger partial charge in [-0.05, 0) is 67.9 Å². The Balaban J connectivity index is 1.54. The van der Waals surface area contributed by atoms with Crippen LogP contribution in [-0.2, 0) is 4.79 Å². The van der Waals surface area contributed by atoms with E-state index in [-0.39, 0.29) is 17.5 Å². The maximum atomic E-state index is 13.2. The van der Waals surface area contributed by atoms with Crippen LogP contribution in [0.25, 0.3) is 5.69 Å². The lowest BCUT2D eigenvalue weighted by Gasteiger charge is -2.16. The van der Waals surface area contributed by atoms with Crippen LogP contribution in [-0.4, -0.2) is 26.4 Å². The molecule has 4 rings (SSSR count). The van der Waals surface area contributed by atoms with Crippen LogP contribution in [0.5, 0.6) is 5.75 Å². The highest BCUT2D eigenvalue weighted by Gasteiger charge is 2.22. The summed E-state index contributed by atoms with van der Waals surface area (Å²) in [4.78, 5) is 12.6. The van der Waals surface area contributed by atoms with Gasteiger partial charge in [-0.25, -0.2) is 4.39 Å². The molecule has 0 radical (unpaired) electrons. The minimum atomic E-state index is -0.476. The smallest absolute Gasteiger partial charge is 0.234 e. The average Bonchev–Trinajstić information content (AvgIpc) is 3.27. The number of carbonyl (C=O) groups is 1. The molecule has 0 aliphatic carbocycles. The summed E-state index contributed by atoms with van der Waals surface area (Å²) in [6.45, 7) is 3.70. The normalized spacial score (nSPS) is 11.8. The van der Waals surface area contributed by atoms with Crippen molar-refractivity contribution < 1.29 is 13.9 Å². The molecule has 1 unspecified atom stereocenters. The Kier molecular flexibility index (Phi) is 7.49. The lowest BCUT2D eigenvalue weighted by Crippen LogP contribution is -2.16. The number of nitrogens with one attached hydrogen (secondary N) is 1. The first-order valence-corrected chi connectivity index (χ1v) is 11.9. The summed E-state index contributed by atoms with van der Waals surface area (Å²) in [6, 6.07) is 20.8. The van der Waals surface area contributed by atoms with Gasteiger partial charge in [0.05, 0.1) is 5.75 Å². The van der Waals surface area contributed by atoms with E-state index in [2.05, 4.69) is 15.5 Å². The third-order valence-corrected chi connectivity index (χ3v) is 6.38. The summed E-state index contributed by atoms with van der Waals surface area (Å²) in [5.74, 6) is 0.683. The van der Waals surface area contributed by atoms with Crippen molar-refractivity contribution in [3.05, 3.63) is 95.0 Å². The van der Waals surface area contributed by atoms with Crippen molar-refractivity contribution >= 4 is 35.0 Å². The van der Waals surface area contributed by atoms with Gasteiger partial charge >= 0.3 is 0 Å². The lowest BCUT2D eigenvalue weighted by molar-refractivity contribution is -0.113. The van der Waals surface area contributed by atoms with Gasteiger partial charge in [0.15, 0.2) is 17.1 Å². The Labute approximate surface area is 206 Å². The monoisotopic (exact) mass is 496 g/mol. The van der Waals surface area contributed by atoms with E-state index in [1.165, 1.54) is 23.9 Å². The van der Waals surface area contributed by atoms with E-state index in [0.717, 1.165) is 11.3 Å². The van der Waals surface area contributed by atoms with Gasteiger partial charge < -0.3 is 10.1 Å². The van der Waals surface area contributed by atoms with Crippen LogP contribution in [0, 0.1) is 12.7 Å². The predicted molar refractivity (Wildman–Crippen MR) is 132 cm³/mol. The van der Waals surface area contributed by atoms with Gasteiger partial charge in [0.2, 0.25) is 5.91 Å². The molecule has 9 heteroatoms. The number of anilines is 1. The van der Waals surface area contributed by atoms with Crippen LogP contribution < -0.4 is 10.1 Å². The first-order valence-electron chi connectivity index (χ1n) is 10.5.